The normalized spacial score (nSPS) is 17.7. The number of aryl methyl sites for hydroxylation is 1. The third kappa shape index (κ3) is 3.20. The number of imidazole rings is 1. The molecule has 1 aliphatic heterocycles. The van der Waals surface area contributed by atoms with Gasteiger partial charge in [-0.3, -0.25) is 4.90 Å². The first-order valence-corrected chi connectivity index (χ1v) is 8.55. The maximum atomic E-state index is 6.16. The summed E-state index contributed by atoms with van der Waals surface area (Å²) in [4.78, 5) is 7.28. The van der Waals surface area contributed by atoms with Gasteiger partial charge >= 0.3 is 0 Å². The average Bonchev–Trinajstić information content (AvgIpc) is 3.09. The quantitative estimate of drug-likeness (QED) is 0.776. The van der Waals surface area contributed by atoms with Gasteiger partial charge in [-0.2, -0.15) is 0 Å². The highest BCUT2D eigenvalue weighted by molar-refractivity contribution is 6.31. The molecule has 0 radical (unpaired) electrons. The van der Waals surface area contributed by atoms with E-state index in [9.17, 15) is 0 Å². The van der Waals surface area contributed by atoms with E-state index in [1.807, 2.05) is 18.2 Å². The van der Waals surface area contributed by atoms with Crippen molar-refractivity contribution in [1.29, 1.82) is 0 Å². The Kier molecular flexibility index (Phi) is 4.72. The van der Waals surface area contributed by atoms with Gasteiger partial charge in [-0.1, -0.05) is 11.6 Å². The maximum absolute atomic E-state index is 6.16. The number of rotatable bonds is 5. The third-order valence-corrected chi connectivity index (χ3v) is 4.74. The van der Waals surface area contributed by atoms with E-state index in [1.165, 1.54) is 25.9 Å². The first-order valence-electron chi connectivity index (χ1n) is 7.63. The zero-order valence-corrected chi connectivity index (χ0v) is 13.9. The van der Waals surface area contributed by atoms with Crippen LogP contribution in [0.3, 0.4) is 0 Å². The summed E-state index contributed by atoms with van der Waals surface area (Å²) in [7, 11) is 0. The Morgan fingerprint density at radius 1 is 1.29 bits per heavy atom. The minimum absolute atomic E-state index is 0.512. The van der Waals surface area contributed by atoms with Gasteiger partial charge in [0.25, 0.3) is 0 Å². The largest absolute Gasteiger partial charge is 0.326 e. The van der Waals surface area contributed by atoms with Crippen molar-refractivity contribution in [3.63, 3.8) is 0 Å². The molecule has 1 aromatic heterocycles. The Morgan fingerprint density at radius 3 is 2.76 bits per heavy atom. The lowest BCUT2D eigenvalue weighted by Gasteiger charge is -2.25. The number of halogens is 2. The van der Waals surface area contributed by atoms with Crippen molar-refractivity contribution < 1.29 is 0 Å². The summed E-state index contributed by atoms with van der Waals surface area (Å²) in [6, 6.07) is 6.42. The van der Waals surface area contributed by atoms with Gasteiger partial charge in [-0.15, -0.1) is 11.6 Å². The average molecular weight is 326 g/mol. The first-order chi connectivity index (χ1) is 10.2. The number of nitrogens with zero attached hydrogens (tertiary/aromatic N) is 3. The molecule has 1 fully saturated rings. The van der Waals surface area contributed by atoms with Gasteiger partial charge < -0.3 is 4.57 Å². The van der Waals surface area contributed by atoms with Crippen molar-refractivity contribution in [3.8, 4) is 0 Å². The number of aromatic nitrogens is 2. The van der Waals surface area contributed by atoms with Crippen molar-refractivity contribution in [2.45, 2.75) is 38.8 Å². The summed E-state index contributed by atoms with van der Waals surface area (Å²) >= 11 is 12.1. The van der Waals surface area contributed by atoms with E-state index >= 15 is 0 Å². The summed E-state index contributed by atoms with van der Waals surface area (Å²) in [6.45, 7) is 5.66. The van der Waals surface area contributed by atoms with Gasteiger partial charge in [-0.25, -0.2) is 4.98 Å². The van der Waals surface area contributed by atoms with Gasteiger partial charge in [0.2, 0.25) is 0 Å². The Bertz CT molecular complexity index is 617. The van der Waals surface area contributed by atoms with Gasteiger partial charge in [-0.05, 0) is 51.1 Å². The highest BCUT2D eigenvalue weighted by Crippen LogP contribution is 2.23. The fourth-order valence-electron chi connectivity index (χ4n) is 3.19. The van der Waals surface area contributed by atoms with Crippen LogP contribution in [0.1, 0.15) is 25.6 Å². The van der Waals surface area contributed by atoms with Crippen LogP contribution in [0.5, 0.6) is 0 Å². The zero-order chi connectivity index (χ0) is 14.8. The molecule has 1 saturated heterocycles. The van der Waals surface area contributed by atoms with E-state index in [0.717, 1.165) is 34.8 Å². The molecule has 21 heavy (non-hydrogen) atoms. The smallest absolute Gasteiger partial charge is 0.111 e. The second-order valence-electron chi connectivity index (χ2n) is 5.80. The van der Waals surface area contributed by atoms with Gasteiger partial charge in [0.1, 0.15) is 5.82 Å². The van der Waals surface area contributed by atoms with Crippen LogP contribution in [0, 0.1) is 0 Å². The number of fused-ring (bicyclic) bond motifs is 1. The third-order valence-electron chi connectivity index (χ3n) is 4.32. The summed E-state index contributed by atoms with van der Waals surface area (Å²) in [6.07, 6.45) is 3.42. The van der Waals surface area contributed by atoms with Gasteiger partial charge in [0.15, 0.2) is 0 Å². The molecule has 2 heterocycles. The monoisotopic (exact) mass is 325 g/mol. The Morgan fingerprint density at radius 2 is 2.05 bits per heavy atom. The summed E-state index contributed by atoms with van der Waals surface area (Å²) < 4.78 is 2.30. The van der Waals surface area contributed by atoms with E-state index in [1.54, 1.807) is 0 Å². The molecule has 0 spiro atoms. The lowest BCUT2D eigenvalue weighted by Crippen LogP contribution is -2.34. The molecular weight excluding hydrogens is 305 g/mol. The lowest BCUT2D eigenvalue weighted by atomic mass is 10.2. The zero-order valence-electron chi connectivity index (χ0n) is 12.4. The summed E-state index contributed by atoms with van der Waals surface area (Å²) in [5.74, 6) is 1.66. The Labute approximate surface area is 135 Å². The molecule has 1 unspecified atom stereocenters. The first kappa shape index (κ1) is 15.1. The molecule has 1 aromatic carbocycles. The molecule has 1 aliphatic rings. The number of hydrogen-bond donors (Lipinski definition) is 0. The summed E-state index contributed by atoms with van der Waals surface area (Å²) in [5, 5.41) is 0.759. The molecule has 0 N–H and O–H groups in total. The van der Waals surface area contributed by atoms with Crippen molar-refractivity contribution in [2.75, 3.05) is 19.0 Å². The van der Waals surface area contributed by atoms with Crippen molar-refractivity contribution in [1.82, 2.24) is 14.5 Å². The molecule has 0 bridgehead atoms. The second kappa shape index (κ2) is 6.55. The standard InChI is InChI=1S/C16H21Cl2N3/c1-12(20-8-2-3-9-20)11-21-15-10-13(18)4-5-14(15)19-16(21)6-7-17/h4-5,10,12H,2-3,6-9,11H2,1H3. The number of alkyl halides is 1. The van der Waals surface area contributed by atoms with E-state index < -0.39 is 0 Å². The predicted molar refractivity (Wildman–Crippen MR) is 89.4 cm³/mol. The van der Waals surface area contributed by atoms with E-state index in [-0.39, 0.29) is 0 Å². The Balaban J connectivity index is 1.93. The highest BCUT2D eigenvalue weighted by atomic mass is 35.5. The van der Waals surface area contributed by atoms with Crippen LogP contribution in [0.15, 0.2) is 18.2 Å². The molecule has 5 heteroatoms. The maximum Gasteiger partial charge on any atom is 0.111 e. The molecular formula is C16H21Cl2N3. The van der Waals surface area contributed by atoms with E-state index in [0.29, 0.717) is 11.9 Å². The molecule has 3 rings (SSSR count). The number of likely N-dealkylation sites (tertiary alicyclic amines) is 1. The molecule has 2 aromatic rings. The SMILES string of the molecule is CC(Cn1c(CCCl)nc2ccc(Cl)cc21)N1CCCC1. The van der Waals surface area contributed by atoms with Crippen molar-refractivity contribution in [2.24, 2.45) is 0 Å². The number of benzene rings is 1. The van der Waals surface area contributed by atoms with Crippen LogP contribution in [0.2, 0.25) is 5.02 Å². The van der Waals surface area contributed by atoms with Crippen LogP contribution in [-0.2, 0) is 13.0 Å². The molecule has 3 nitrogen and oxygen atoms in total. The van der Waals surface area contributed by atoms with Crippen molar-refractivity contribution in [3.05, 3.63) is 29.0 Å². The molecule has 114 valence electrons. The fraction of sp³-hybridized carbons (Fsp3) is 0.562. The topological polar surface area (TPSA) is 21.1 Å². The lowest BCUT2D eigenvalue weighted by molar-refractivity contribution is 0.236. The molecule has 0 saturated carbocycles. The summed E-state index contributed by atoms with van der Waals surface area (Å²) in [5.41, 5.74) is 2.13. The minimum Gasteiger partial charge on any atom is -0.326 e. The fourth-order valence-corrected chi connectivity index (χ4v) is 3.52. The van der Waals surface area contributed by atoms with Crippen LogP contribution in [0.4, 0.5) is 0 Å². The highest BCUT2D eigenvalue weighted by Gasteiger charge is 2.20. The van der Waals surface area contributed by atoms with Crippen LogP contribution < -0.4 is 0 Å². The predicted octanol–water partition coefficient (Wildman–Crippen LogP) is 3.96. The second-order valence-corrected chi connectivity index (χ2v) is 6.62. The van der Waals surface area contributed by atoms with Crippen LogP contribution in [-0.4, -0.2) is 39.5 Å². The Hall–Kier alpha value is -0.770. The van der Waals surface area contributed by atoms with Gasteiger partial charge in [0, 0.05) is 29.9 Å². The van der Waals surface area contributed by atoms with E-state index in [4.69, 9.17) is 28.2 Å². The minimum atomic E-state index is 0.512. The number of hydrogen-bond acceptors (Lipinski definition) is 2. The van der Waals surface area contributed by atoms with Crippen LogP contribution in [0.25, 0.3) is 11.0 Å². The van der Waals surface area contributed by atoms with Gasteiger partial charge in [0.05, 0.1) is 11.0 Å². The van der Waals surface area contributed by atoms with Crippen LogP contribution >= 0.6 is 23.2 Å². The molecule has 1 atom stereocenters. The molecule has 0 amide bonds. The molecule has 0 aliphatic carbocycles. The van der Waals surface area contributed by atoms with E-state index in [2.05, 4.69) is 16.4 Å². The van der Waals surface area contributed by atoms with Crippen molar-refractivity contribution >= 4 is 34.2 Å².